The summed E-state index contributed by atoms with van der Waals surface area (Å²) in [5.41, 5.74) is 26.1. The number of hydrogen-bond acceptors (Lipinski definition) is 2. The quantitative estimate of drug-likeness (QED) is 0.151. The van der Waals surface area contributed by atoms with E-state index >= 15 is 0 Å². The molecule has 0 fully saturated rings. The van der Waals surface area contributed by atoms with Gasteiger partial charge in [0.05, 0.1) is 22.1 Å². The van der Waals surface area contributed by atoms with Crippen molar-refractivity contribution in [2.45, 2.75) is 20.3 Å². The van der Waals surface area contributed by atoms with E-state index in [4.69, 9.17) is 4.42 Å². The van der Waals surface area contributed by atoms with Crippen molar-refractivity contribution < 1.29 is 4.42 Å². The largest absolute Gasteiger partial charge is 0.456 e. The Bertz CT molecular complexity index is 4250. The summed E-state index contributed by atoms with van der Waals surface area (Å²) >= 11 is 0. The zero-order valence-corrected chi connectivity index (χ0v) is 40.1. The fraction of sp³-hybridized carbons (Fsp3) is 0.0435. The van der Waals surface area contributed by atoms with Crippen molar-refractivity contribution in [1.82, 2.24) is 4.57 Å². The molecular weight excluding hydrogens is 873 g/mol. The second-order valence-electron chi connectivity index (χ2n) is 19.3. The van der Waals surface area contributed by atoms with Crippen LogP contribution in [-0.2, 0) is 6.42 Å². The average Bonchev–Trinajstić information content (AvgIpc) is 4.12. The molecule has 0 N–H and O–H groups in total. The lowest BCUT2D eigenvalue weighted by Gasteiger charge is -2.27. The Morgan fingerprint density at radius 2 is 0.972 bits per heavy atom. The average molecular weight is 921 g/mol. The van der Waals surface area contributed by atoms with Crippen molar-refractivity contribution in [3.8, 4) is 61.3 Å². The number of aromatic nitrogens is 1. The van der Waals surface area contributed by atoms with Crippen LogP contribution in [0.4, 0.5) is 17.1 Å². The minimum atomic E-state index is 0.850. The Balaban J connectivity index is 0.923. The zero-order chi connectivity index (χ0) is 47.9. The number of nitrogens with zero attached hydrogens (tertiary/aromatic N) is 2. The Hall–Kier alpha value is -9.18. The van der Waals surface area contributed by atoms with E-state index in [1.54, 1.807) is 0 Å². The zero-order valence-electron chi connectivity index (χ0n) is 40.1. The number of rotatable bonds is 8. The van der Waals surface area contributed by atoms with E-state index in [-0.39, 0.29) is 0 Å². The van der Waals surface area contributed by atoms with Gasteiger partial charge in [-0.25, -0.2) is 0 Å². The third-order valence-corrected chi connectivity index (χ3v) is 15.2. The molecule has 0 aliphatic heterocycles. The number of furan rings is 1. The van der Waals surface area contributed by atoms with Crippen LogP contribution in [0.3, 0.4) is 0 Å². The SMILES string of the molecule is Cc1ccccc1-c1cc(-c2ccc3oc4cccc(N(c5ccc(-c6cccc7c6Cc6ccccc6-7)cc5)c5ccc(-c6cccc7c6c6ccccc6n7-c6ccccc6)cc5)c4c3c2)ccc1C. The standard InChI is InChI=1S/C69H48N2O/c1-44-15-6-8-19-54(44)60-41-48(30-29-45(60)2)49-35-40-66-62(42-49)69-65(27-14-28-67(69)72-66)70(52-36-31-46(32-37-52)55-22-12-24-58-56-20-9-7-16-50(56)43-61(55)58)53-38-33-47(34-39-53)57-23-13-26-64-68(57)59-21-10-11-25-63(59)71(64)51-17-4-3-5-18-51/h3-42H,43H2,1-2H3. The van der Waals surface area contributed by atoms with E-state index in [1.165, 1.54) is 88.6 Å². The van der Waals surface area contributed by atoms with Gasteiger partial charge < -0.3 is 13.9 Å². The van der Waals surface area contributed by atoms with Crippen LogP contribution in [0.1, 0.15) is 22.3 Å². The highest BCUT2D eigenvalue weighted by Gasteiger charge is 2.24. The summed E-state index contributed by atoms with van der Waals surface area (Å²) in [4.78, 5) is 2.41. The molecule has 1 aliphatic carbocycles. The second kappa shape index (κ2) is 16.8. The van der Waals surface area contributed by atoms with Crippen LogP contribution in [0.5, 0.6) is 0 Å². The molecule has 0 unspecified atom stereocenters. The smallest absolute Gasteiger partial charge is 0.137 e. The van der Waals surface area contributed by atoms with E-state index in [2.05, 4.69) is 266 Å². The third-order valence-electron chi connectivity index (χ3n) is 15.2. The van der Waals surface area contributed by atoms with Crippen LogP contribution < -0.4 is 4.90 Å². The fourth-order valence-corrected chi connectivity index (χ4v) is 11.7. The van der Waals surface area contributed by atoms with E-state index < -0.39 is 0 Å². The second-order valence-corrected chi connectivity index (χ2v) is 19.3. The molecule has 2 heterocycles. The van der Waals surface area contributed by atoms with Gasteiger partial charge in [0, 0.05) is 33.2 Å². The molecule has 13 aromatic rings. The molecule has 0 atom stereocenters. The number of aryl methyl sites for hydroxylation is 2. The molecule has 0 amide bonds. The molecule has 0 radical (unpaired) electrons. The lowest BCUT2D eigenvalue weighted by Crippen LogP contribution is -2.10. The van der Waals surface area contributed by atoms with Crippen molar-refractivity contribution >= 4 is 60.8 Å². The van der Waals surface area contributed by atoms with Crippen LogP contribution in [0.15, 0.2) is 247 Å². The highest BCUT2D eigenvalue weighted by Crippen LogP contribution is 2.47. The van der Waals surface area contributed by atoms with Gasteiger partial charge >= 0.3 is 0 Å². The highest BCUT2D eigenvalue weighted by molar-refractivity contribution is 6.16. The van der Waals surface area contributed by atoms with Crippen molar-refractivity contribution in [1.29, 1.82) is 0 Å². The minimum absolute atomic E-state index is 0.850. The Kier molecular flexibility index (Phi) is 9.72. The Morgan fingerprint density at radius 1 is 0.375 bits per heavy atom. The molecule has 1 aliphatic rings. The van der Waals surface area contributed by atoms with Gasteiger partial charge in [0.25, 0.3) is 0 Å². The molecule has 0 spiro atoms. The van der Waals surface area contributed by atoms with Gasteiger partial charge in [-0.3, -0.25) is 0 Å². The van der Waals surface area contributed by atoms with Gasteiger partial charge in [-0.15, -0.1) is 0 Å². The predicted octanol–water partition coefficient (Wildman–Crippen LogP) is 19.0. The molecule has 340 valence electrons. The normalized spacial score (nSPS) is 12.0. The first-order chi connectivity index (χ1) is 35.5. The van der Waals surface area contributed by atoms with E-state index in [9.17, 15) is 0 Å². The minimum Gasteiger partial charge on any atom is -0.456 e. The summed E-state index contributed by atoms with van der Waals surface area (Å²) in [6.45, 7) is 4.40. The predicted molar refractivity (Wildman–Crippen MR) is 302 cm³/mol. The highest BCUT2D eigenvalue weighted by atomic mass is 16.3. The molecule has 11 aromatic carbocycles. The molecular formula is C69H48N2O. The number of para-hydroxylation sites is 2. The van der Waals surface area contributed by atoms with Crippen LogP contribution in [0, 0.1) is 13.8 Å². The molecule has 3 heteroatoms. The molecule has 2 aromatic heterocycles. The first kappa shape index (κ1) is 41.8. The molecule has 0 saturated heterocycles. The van der Waals surface area contributed by atoms with Gasteiger partial charge in [0.2, 0.25) is 0 Å². The van der Waals surface area contributed by atoms with Gasteiger partial charge in [0.1, 0.15) is 11.2 Å². The van der Waals surface area contributed by atoms with Crippen LogP contribution in [0.2, 0.25) is 0 Å². The monoisotopic (exact) mass is 920 g/mol. The van der Waals surface area contributed by atoms with Crippen molar-refractivity contribution in [2.75, 3.05) is 4.90 Å². The van der Waals surface area contributed by atoms with Gasteiger partial charge in [-0.05, 0) is 177 Å². The lowest BCUT2D eigenvalue weighted by atomic mass is 9.92. The van der Waals surface area contributed by atoms with Crippen LogP contribution in [-0.4, -0.2) is 4.57 Å². The van der Waals surface area contributed by atoms with Crippen LogP contribution in [0.25, 0.3) is 105 Å². The van der Waals surface area contributed by atoms with E-state index in [0.717, 1.165) is 62.2 Å². The number of benzene rings is 11. The third kappa shape index (κ3) is 6.73. The summed E-state index contributed by atoms with van der Waals surface area (Å²) in [6.07, 6.45) is 0.940. The summed E-state index contributed by atoms with van der Waals surface area (Å²) in [6, 6.07) is 88.7. The van der Waals surface area contributed by atoms with Crippen molar-refractivity contribution in [2.24, 2.45) is 0 Å². The van der Waals surface area contributed by atoms with Gasteiger partial charge in [-0.1, -0.05) is 164 Å². The maximum atomic E-state index is 6.74. The molecule has 14 rings (SSSR count). The summed E-state index contributed by atoms with van der Waals surface area (Å²) in [5, 5.41) is 4.64. The summed E-state index contributed by atoms with van der Waals surface area (Å²) < 4.78 is 9.13. The first-order valence-corrected chi connectivity index (χ1v) is 25.0. The van der Waals surface area contributed by atoms with Crippen molar-refractivity contribution in [3.05, 3.63) is 265 Å². The van der Waals surface area contributed by atoms with Gasteiger partial charge in [-0.2, -0.15) is 0 Å². The Labute approximate surface area is 419 Å². The Morgan fingerprint density at radius 3 is 1.79 bits per heavy atom. The lowest BCUT2D eigenvalue weighted by molar-refractivity contribution is 0.669. The van der Waals surface area contributed by atoms with Gasteiger partial charge in [0.15, 0.2) is 0 Å². The molecule has 0 bridgehead atoms. The maximum Gasteiger partial charge on any atom is 0.137 e. The van der Waals surface area contributed by atoms with E-state index in [0.29, 0.717) is 0 Å². The fourth-order valence-electron chi connectivity index (χ4n) is 11.7. The number of fused-ring (bicyclic) bond motifs is 9. The maximum absolute atomic E-state index is 6.74. The van der Waals surface area contributed by atoms with Crippen molar-refractivity contribution in [3.63, 3.8) is 0 Å². The van der Waals surface area contributed by atoms with Crippen LogP contribution >= 0.6 is 0 Å². The molecule has 72 heavy (non-hydrogen) atoms. The molecule has 0 saturated carbocycles. The number of hydrogen-bond donors (Lipinski definition) is 0. The first-order valence-electron chi connectivity index (χ1n) is 25.0. The number of anilines is 3. The van der Waals surface area contributed by atoms with E-state index in [1.807, 2.05) is 0 Å². The molecule has 3 nitrogen and oxygen atoms in total. The summed E-state index contributed by atoms with van der Waals surface area (Å²) in [5.74, 6) is 0. The topological polar surface area (TPSA) is 21.3 Å². The summed E-state index contributed by atoms with van der Waals surface area (Å²) in [7, 11) is 0.